The van der Waals surface area contributed by atoms with Gasteiger partial charge in [0, 0.05) is 12.3 Å². The first-order valence-electron chi connectivity index (χ1n) is 7.33. The highest BCUT2D eigenvalue weighted by atomic mass is 16.6. The Kier molecular flexibility index (Phi) is 5.39. The smallest absolute Gasteiger partial charge is 0.181 e. The molecule has 0 bridgehead atoms. The molecular formula is C14H26O6. The summed E-state index contributed by atoms with van der Waals surface area (Å²) in [5.41, 5.74) is 0. The van der Waals surface area contributed by atoms with E-state index < -0.39 is 18.5 Å². The maximum atomic E-state index is 10.1. The van der Waals surface area contributed by atoms with Crippen LogP contribution in [0.3, 0.4) is 0 Å². The lowest BCUT2D eigenvalue weighted by atomic mass is 10.00. The Hall–Kier alpha value is -0.240. The van der Waals surface area contributed by atoms with E-state index in [2.05, 4.69) is 0 Å². The molecular weight excluding hydrogens is 264 g/mol. The first-order chi connectivity index (χ1) is 9.40. The molecule has 6 nitrogen and oxygen atoms in total. The molecule has 0 radical (unpaired) electrons. The Morgan fingerprint density at radius 1 is 1.20 bits per heavy atom. The zero-order chi connectivity index (χ0) is 14.9. The fourth-order valence-electron chi connectivity index (χ4n) is 2.78. The van der Waals surface area contributed by atoms with E-state index in [1.54, 1.807) is 0 Å². The zero-order valence-electron chi connectivity index (χ0n) is 12.3. The first kappa shape index (κ1) is 16.1. The van der Waals surface area contributed by atoms with Crippen molar-refractivity contribution in [3.63, 3.8) is 0 Å². The van der Waals surface area contributed by atoms with E-state index in [1.807, 2.05) is 20.8 Å². The molecule has 7 atom stereocenters. The van der Waals surface area contributed by atoms with Gasteiger partial charge >= 0.3 is 0 Å². The van der Waals surface area contributed by atoms with E-state index >= 15 is 0 Å². The molecule has 6 heteroatoms. The van der Waals surface area contributed by atoms with E-state index in [4.69, 9.17) is 14.2 Å². The molecule has 3 N–H and O–H groups in total. The Morgan fingerprint density at radius 3 is 2.40 bits per heavy atom. The minimum absolute atomic E-state index is 0.0344. The third-order valence-corrected chi connectivity index (χ3v) is 4.15. The maximum absolute atomic E-state index is 10.1. The third kappa shape index (κ3) is 3.50. The highest BCUT2D eigenvalue weighted by molar-refractivity contribution is 4.87. The SMILES string of the molecule is CC(C)C1OCC(OCC(C)C2CC(O)C(O)O2)C1O. The second kappa shape index (κ2) is 6.68. The monoisotopic (exact) mass is 290 g/mol. The van der Waals surface area contributed by atoms with E-state index in [1.165, 1.54) is 0 Å². The summed E-state index contributed by atoms with van der Waals surface area (Å²) >= 11 is 0. The molecule has 2 aliphatic heterocycles. The summed E-state index contributed by atoms with van der Waals surface area (Å²) in [6.07, 6.45) is -2.85. The molecule has 2 saturated heterocycles. The van der Waals surface area contributed by atoms with E-state index in [9.17, 15) is 15.3 Å². The Morgan fingerprint density at radius 2 is 1.90 bits per heavy atom. The van der Waals surface area contributed by atoms with Crippen LogP contribution in [0.4, 0.5) is 0 Å². The highest BCUT2D eigenvalue weighted by Gasteiger charge is 2.40. The van der Waals surface area contributed by atoms with Crippen LogP contribution in [0.1, 0.15) is 27.2 Å². The van der Waals surface area contributed by atoms with E-state index in [0.29, 0.717) is 19.6 Å². The summed E-state index contributed by atoms with van der Waals surface area (Å²) < 4.78 is 16.5. The fourth-order valence-corrected chi connectivity index (χ4v) is 2.78. The molecule has 2 fully saturated rings. The van der Waals surface area contributed by atoms with Gasteiger partial charge in [0.25, 0.3) is 0 Å². The van der Waals surface area contributed by atoms with Crippen LogP contribution < -0.4 is 0 Å². The summed E-state index contributed by atoms with van der Waals surface area (Å²) in [6.45, 7) is 6.76. The minimum atomic E-state index is -1.10. The van der Waals surface area contributed by atoms with Crippen LogP contribution >= 0.6 is 0 Å². The van der Waals surface area contributed by atoms with Gasteiger partial charge in [-0.1, -0.05) is 20.8 Å². The molecule has 0 aromatic rings. The van der Waals surface area contributed by atoms with E-state index in [0.717, 1.165) is 0 Å². The predicted octanol–water partition coefficient (Wildman–Crippen LogP) is -0.108. The number of aliphatic hydroxyl groups excluding tert-OH is 3. The van der Waals surface area contributed by atoms with Crippen LogP contribution in [0, 0.1) is 11.8 Å². The van der Waals surface area contributed by atoms with Crippen LogP contribution in [0.15, 0.2) is 0 Å². The second-order valence-corrected chi connectivity index (χ2v) is 6.25. The van der Waals surface area contributed by atoms with Gasteiger partial charge in [0.05, 0.1) is 25.4 Å². The van der Waals surface area contributed by atoms with Crippen molar-refractivity contribution >= 4 is 0 Å². The van der Waals surface area contributed by atoms with Crippen molar-refractivity contribution in [3.8, 4) is 0 Å². The average Bonchev–Trinajstić information content (AvgIpc) is 2.91. The summed E-state index contributed by atoms with van der Waals surface area (Å²) in [4.78, 5) is 0. The number of hydrogen-bond acceptors (Lipinski definition) is 6. The van der Waals surface area contributed by atoms with Crippen molar-refractivity contribution in [2.45, 2.75) is 64.0 Å². The van der Waals surface area contributed by atoms with Crippen LogP contribution in [0.25, 0.3) is 0 Å². The van der Waals surface area contributed by atoms with Crippen LogP contribution in [-0.4, -0.2) is 65.3 Å². The standard InChI is InChI=1S/C14H26O6/c1-7(2)13-12(16)11(6-19-13)18-5-8(3)10-4-9(15)14(17)20-10/h7-17H,4-6H2,1-3H3. The number of rotatable bonds is 5. The summed E-state index contributed by atoms with van der Waals surface area (Å²) in [6, 6.07) is 0. The predicted molar refractivity (Wildman–Crippen MR) is 71.0 cm³/mol. The molecule has 7 unspecified atom stereocenters. The van der Waals surface area contributed by atoms with Gasteiger partial charge in [0.2, 0.25) is 0 Å². The first-order valence-corrected chi connectivity index (χ1v) is 7.33. The van der Waals surface area contributed by atoms with Crippen molar-refractivity contribution in [1.82, 2.24) is 0 Å². The highest BCUT2D eigenvalue weighted by Crippen LogP contribution is 2.27. The van der Waals surface area contributed by atoms with Crippen molar-refractivity contribution in [1.29, 1.82) is 0 Å². The lowest BCUT2D eigenvalue weighted by molar-refractivity contribution is -0.141. The lowest BCUT2D eigenvalue weighted by Crippen LogP contribution is -2.36. The second-order valence-electron chi connectivity index (χ2n) is 6.25. The summed E-state index contributed by atoms with van der Waals surface area (Å²) in [7, 11) is 0. The molecule has 118 valence electrons. The van der Waals surface area contributed by atoms with Crippen molar-refractivity contribution in [3.05, 3.63) is 0 Å². The van der Waals surface area contributed by atoms with Gasteiger partial charge in [-0.25, -0.2) is 0 Å². The van der Waals surface area contributed by atoms with Crippen LogP contribution in [0.2, 0.25) is 0 Å². The Labute approximate surface area is 119 Å². The van der Waals surface area contributed by atoms with Crippen molar-refractivity contribution in [2.24, 2.45) is 11.8 Å². The van der Waals surface area contributed by atoms with Gasteiger partial charge in [-0.3, -0.25) is 0 Å². The average molecular weight is 290 g/mol. The normalized spacial score (nSPS) is 43.4. The molecule has 0 spiro atoms. The molecule has 0 aromatic heterocycles. The molecule has 0 aliphatic carbocycles. The molecule has 2 aliphatic rings. The molecule has 0 aromatic carbocycles. The fraction of sp³-hybridized carbons (Fsp3) is 1.00. The molecule has 2 rings (SSSR count). The molecule has 0 amide bonds. The number of aliphatic hydroxyl groups is 3. The number of ether oxygens (including phenoxy) is 3. The summed E-state index contributed by atoms with van der Waals surface area (Å²) in [5.74, 6) is 0.284. The topological polar surface area (TPSA) is 88.4 Å². The third-order valence-electron chi connectivity index (χ3n) is 4.15. The van der Waals surface area contributed by atoms with Gasteiger partial charge < -0.3 is 29.5 Å². The maximum Gasteiger partial charge on any atom is 0.181 e. The molecule has 0 saturated carbocycles. The molecule has 20 heavy (non-hydrogen) atoms. The zero-order valence-corrected chi connectivity index (χ0v) is 12.3. The lowest BCUT2D eigenvalue weighted by Gasteiger charge is -2.23. The van der Waals surface area contributed by atoms with Gasteiger partial charge in [0.1, 0.15) is 18.3 Å². The largest absolute Gasteiger partial charge is 0.388 e. The van der Waals surface area contributed by atoms with Crippen LogP contribution in [-0.2, 0) is 14.2 Å². The Bertz CT molecular complexity index is 300. The van der Waals surface area contributed by atoms with Crippen molar-refractivity contribution < 1.29 is 29.5 Å². The van der Waals surface area contributed by atoms with Gasteiger partial charge in [-0.05, 0) is 5.92 Å². The molecule has 2 heterocycles. The van der Waals surface area contributed by atoms with Gasteiger partial charge in [0.15, 0.2) is 6.29 Å². The minimum Gasteiger partial charge on any atom is -0.388 e. The summed E-state index contributed by atoms with van der Waals surface area (Å²) in [5, 5.41) is 28.9. The van der Waals surface area contributed by atoms with Gasteiger partial charge in [-0.15, -0.1) is 0 Å². The van der Waals surface area contributed by atoms with Gasteiger partial charge in [-0.2, -0.15) is 0 Å². The quantitative estimate of drug-likeness (QED) is 0.655. The Balaban J connectivity index is 1.76. The van der Waals surface area contributed by atoms with Crippen LogP contribution in [0.5, 0.6) is 0 Å². The van der Waals surface area contributed by atoms with Crippen molar-refractivity contribution in [2.75, 3.05) is 13.2 Å². The van der Waals surface area contributed by atoms with E-state index in [-0.39, 0.29) is 30.1 Å². The number of hydrogen-bond donors (Lipinski definition) is 3.